The van der Waals surface area contributed by atoms with E-state index in [0.717, 1.165) is 11.3 Å². The molecule has 0 fully saturated rings. The number of allylic oxidation sites excluding steroid dienone is 1. The Morgan fingerprint density at radius 2 is 1.62 bits per heavy atom. The smallest absolute Gasteiger partial charge is 0.342 e. The van der Waals surface area contributed by atoms with Crippen LogP contribution in [-0.2, 0) is 20.7 Å². The topological polar surface area (TPSA) is 150 Å². The first kappa shape index (κ1) is 37.6. The van der Waals surface area contributed by atoms with Crippen LogP contribution in [0.1, 0.15) is 90.4 Å². The molecule has 3 N–H and O–H groups in total. The fourth-order valence-corrected chi connectivity index (χ4v) is 6.10. The van der Waals surface area contributed by atoms with Crippen LogP contribution in [0.25, 0.3) is 6.08 Å². The lowest BCUT2D eigenvalue weighted by Gasteiger charge is -2.24. The lowest BCUT2D eigenvalue weighted by atomic mass is 9.84. The molecule has 1 amide bonds. The predicted molar refractivity (Wildman–Crippen MR) is 189 cm³/mol. The van der Waals surface area contributed by atoms with Crippen molar-refractivity contribution in [2.45, 2.75) is 70.3 Å². The molecule has 0 aromatic heterocycles. The van der Waals surface area contributed by atoms with Gasteiger partial charge in [0.2, 0.25) is 11.7 Å². The fourth-order valence-electron chi connectivity index (χ4n) is 6.10. The number of rotatable bonds is 11. The number of cyclic esters (lactones) is 1. The van der Waals surface area contributed by atoms with Crippen molar-refractivity contribution < 1.29 is 48.3 Å². The minimum Gasteiger partial charge on any atom is -0.507 e. The number of esters is 1. The predicted octanol–water partition coefficient (Wildman–Crippen LogP) is 6.49. The lowest BCUT2D eigenvalue weighted by Crippen LogP contribution is -2.27. The van der Waals surface area contributed by atoms with Gasteiger partial charge in [0.05, 0.1) is 34.5 Å². The Morgan fingerprint density at radius 3 is 2.26 bits per heavy atom. The number of amides is 1. The van der Waals surface area contributed by atoms with Gasteiger partial charge in [-0.25, -0.2) is 4.79 Å². The largest absolute Gasteiger partial charge is 0.507 e. The van der Waals surface area contributed by atoms with Crippen LogP contribution in [0, 0.1) is 0 Å². The highest BCUT2D eigenvalue weighted by Crippen LogP contribution is 2.47. The van der Waals surface area contributed by atoms with Gasteiger partial charge in [0.25, 0.3) is 0 Å². The number of ketones is 1. The summed E-state index contributed by atoms with van der Waals surface area (Å²) in [7, 11) is 5.99. The van der Waals surface area contributed by atoms with E-state index in [0.29, 0.717) is 74.3 Å². The van der Waals surface area contributed by atoms with Crippen LogP contribution < -0.4 is 24.3 Å². The van der Waals surface area contributed by atoms with Gasteiger partial charge >= 0.3 is 5.97 Å². The molecule has 1 heterocycles. The number of fused-ring (bicyclic) bond motifs is 1. The number of nitrogens with one attached hydrogen (secondary N) is 1. The van der Waals surface area contributed by atoms with E-state index in [1.807, 2.05) is 24.3 Å². The second kappa shape index (κ2) is 18.0. The molecule has 4 rings (SSSR count). The van der Waals surface area contributed by atoms with E-state index in [-0.39, 0.29) is 40.6 Å². The summed E-state index contributed by atoms with van der Waals surface area (Å²) in [5.41, 5.74) is 1.54. The molecule has 50 heavy (non-hydrogen) atoms. The Hall–Kier alpha value is -5.19. The van der Waals surface area contributed by atoms with Gasteiger partial charge < -0.3 is 39.2 Å². The van der Waals surface area contributed by atoms with Crippen LogP contribution >= 0.6 is 0 Å². The van der Waals surface area contributed by atoms with Crippen LogP contribution in [0.4, 0.5) is 0 Å². The number of aromatic hydroxyl groups is 2. The fraction of sp³-hybridized carbons (Fsp3) is 0.410. The first-order chi connectivity index (χ1) is 24.1. The van der Waals surface area contributed by atoms with Gasteiger partial charge in [-0.2, -0.15) is 0 Å². The van der Waals surface area contributed by atoms with Crippen molar-refractivity contribution in [1.82, 2.24) is 5.32 Å². The summed E-state index contributed by atoms with van der Waals surface area (Å²) in [6, 6.07) is 12.2. The number of hydrogen-bond donors (Lipinski definition) is 3. The van der Waals surface area contributed by atoms with Crippen molar-refractivity contribution in [3.05, 3.63) is 76.4 Å². The second-order valence-corrected chi connectivity index (χ2v) is 12.2. The van der Waals surface area contributed by atoms with Crippen LogP contribution in [0.5, 0.6) is 34.5 Å². The molecule has 3 aromatic carbocycles. The SMILES string of the molecule is COc1ccc(CCNC(=O)CC(c2cc(OC)c(OC)c(OC)c2)c2c(O)cc3c(c2O)C(=O)O[C@@H](C)CCCC(=O)CCC/C=C/3)cc1. The van der Waals surface area contributed by atoms with E-state index in [9.17, 15) is 24.6 Å². The number of Topliss-reactive ketones (excluding diaryl/α,β-unsaturated/α-hetero) is 1. The molecule has 11 heteroatoms. The molecule has 1 aliphatic heterocycles. The Bertz CT molecular complexity index is 1660. The number of phenolic OH excluding ortho intramolecular Hbond substituents is 2. The van der Waals surface area contributed by atoms with Crippen LogP contribution in [-0.4, -0.2) is 69.0 Å². The Kier molecular flexibility index (Phi) is 13.5. The molecule has 0 aliphatic carbocycles. The molecule has 2 atom stereocenters. The van der Waals surface area contributed by atoms with Gasteiger partial charge in [-0.3, -0.25) is 9.59 Å². The van der Waals surface area contributed by atoms with Gasteiger partial charge in [0.1, 0.15) is 28.6 Å². The molecular formula is C39H47NO10. The van der Waals surface area contributed by atoms with Gasteiger partial charge in [-0.1, -0.05) is 24.3 Å². The maximum atomic E-state index is 13.7. The minimum atomic E-state index is -0.969. The Labute approximate surface area is 293 Å². The number of ether oxygens (including phenoxy) is 5. The van der Waals surface area contributed by atoms with Crippen molar-refractivity contribution in [3.63, 3.8) is 0 Å². The number of hydrogen-bond acceptors (Lipinski definition) is 10. The Morgan fingerprint density at radius 1 is 0.940 bits per heavy atom. The number of carbonyl (C=O) groups excluding carboxylic acids is 3. The second-order valence-electron chi connectivity index (χ2n) is 12.2. The highest BCUT2D eigenvalue weighted by molar-refractivity contribution is 5.98. The molecular weight excluding hydrogens is 642 g/mol. The van der Waals surface area contributed by atoms with Gasteiger partial charge in [-0.15, -0.1) is 0 Å². The maximum Gasteiger partial charge on any atom is 0.342 e. The highest BCUT2D eigenvalue weighted by Gasteiger charge is 2.32. The van der Waals surface area contributed by atoms with Crippen LogP contribution in [0.2, 0.25) is 0 Å². The number of methoxy groups -OCH3 is 4. The zero-order chi connectivity index (χ0) is 36.2. The van der Waals surface area contributed by atoms with E-state index in [1.54, 1.807) is 38.3 Å². The molecule has 0 spiro atoms. The number of phenols is 2. The summed E-state index contributed by atoms with van der Waals surface area (Å²) in [6.45, 7) is 2.06. The zero-order valence-electron chi connectivity index (χ0n) is 29.4. The quantitative estimate of drug-likeness (QED) is 0.191. The molecule has 11 nitrogen and oxygen atoms in total. The molecule has 1 unspecified atom stereocenters. The monoisotopic (exact) mass is 689 g/mol. The standard InChI is InChI=1S/C39H47NO10/c1-24-10-9-13-28(41)12-8-6-7-11-26-20-31(42)36(37(44)35(26)39(45)50-24)30(27-21-32(47-3)38(49-5)33(22-27)48-4)23-34(43)40-19-18-25-14-16-29(46-2)17-15-25/h7,11,14-17,20-22,24,30,42,44H,6,8-10,12-13,18-19,23H2,1-5H3,(H,40,43)/b11-7+/t24-,30?/m0/s1. The summed E-state index contributed by atoms with van der Waals surface area (Å²) in [5.74, 6) is -1.12. The summed E-state index contributed by atoms with van der Waals surface area (Å²) in [5, 5.41) is 26.4. The molecule has 0 radical (unpaired) electrons. The van der Waals surface area contributed by atoms with Gasteiger partial charge in [0.15, 0.2) is 11.5 Å². The average molecular weight is 690 g/mol. The summed E-state index contributed by atoms with van der Waals surface area (Å²) in [4.78, 5) is 39.5. The molecule has 1 aliphatic rings. The molecule has 268 valence electrons. The van der Waals surface area contributed by atoms with E-state index in [4.69, 9.17) is 23.7 Å². The first-order valence-electron chi connectivity index (χ1n) is 16.8. The summed E-state index contributed by atoms with van der Waals surface area (Å²) >= 11 is 0. The van der Waals surface area contributed by atoms with E-state index >= 15 is 0 Å². The van der Waals surface area contributed by atoms with Crippen molar-refractivity contribution >= 4 is 23.7 Å². The van der Waals surface area contributed by atoms with E-state index in [1.165, 1.54) is 27.4 Å². The van der Waals surface area contributed by atoms with Crippen molar-refractivity contribution in [3.8, 4) is 34.5 Å². The van der Waals surface area contributed by atoms with E-state index < -0.39 is 23.7 Å². The average Bonchev–Trinajstić information content (AvgIpc) is 3.10. The summed E-state index contributed by atoms with van der Waals surface area (Å²) in [6.07, 6.45) is 6.32. The van der Waals surface area contributed by atoms with Crippen molar-refractivity contribution in [2.75, 3.05) is 35.0 Å². The third-order valence-corrected chi connectivity index (χ3v) is 8.77. The highest BCUT2D eigenvalue weighted by atomic mass is 16.5. The molecule has 0 saturated heterocycles. The van der Waals surface area contributed by atoms with Crippen LogP contribution in [0.15, 0.2) is 48.5 Å². The number of carbonyl (C=O) groups is 3. The first-order valence-corrected chi connectivity index (χ1v) is 16.8. The Balaban J connectivity index is 1.78. The maximum absolute atomic E-state index is 13.7. The summed E-state index contributed by atoms with van der Waals surface area (Å²) < 4.78 is 27.6. The third-order valence-electron chi connectivity index (χ3n) is 8.77. The zero-order valence-corrected chi connectivity index (χ0v) is 29.4. The van der Waals surface area contributed by atoms with Crippen molar-refractivity contribution in [1.29, 1.82) is 0 Å². The molecule has 0 saturated carbocycles. The van der Waals surface area contributed by atoms with Gasteiger partial charge in [0, 0.05) is 37.3 Å². The number of benzene rings is 3. The minimum absolute atomic E-state index is 0.0342. The van der Waals surface area contributed by atoms with Crippen LogP contribution in [0.3, 0.4) is 0 Å². The van der Waals surface area contributed by atoms with E-state index in [2.05, 4.69) is 5.32 Å². The normalized spacial score (nSPS) is 16.6. The van der Waals surface area contributed by atoms with Gasteiger partial charge in [-0.05, 0) is 86.1 Å². The van der Waals surface area contributed by atoms with Crippen molar-refractivity contribution in [2.24, 2.45) is 0 Å². The lowest BCUT2D eigenvalue weighted by molar-refractivity contribution is -0.121. The molecule has 3 aromatic rings. The molecule has 0 bridgehead atoms. The third kappa shape index (κ3) is 9.49.